The molecule has 2 N–H and O–H groups in total. The molecule has 0 amide bonds. The van der Waals surface area contributed by atoms with E-state index < -0.39 is 0 Å². The van der Waals surface area contributed by atoms with Crippen LogP contribution in [0.1, 0.15) is 18.9 Å². The molecule has 1 aliphatic rings. The first-order valence-electron chi connectivity index (χ1n) is 5.80. The number of hydrogen-bond donors (Lipinski definition) is 1. The Morgan fingerprint density at radius 2 is 2.28 bits per heavy atom. The summed E-state index contributed by atoms with van der Waals surface area (Å²) in [5.41, 5.74) is 6.06. The number of nitrogens with zero attached hydrogens (tertiary/aromatic N) is 2. The molecule has 0 saturated carbocycles. The van der Waals surface area contributed by atoms with Crippen molar-refractivity contribution in [3.63, 3.8) is 0 Å². The summed E-state index contributed by atoms with van der Waals surface area (Å²) in [7, 11) is 0. The zero-order chi connectivity index (χ0) is 13.0. The summed E-state index contributed by atoms with van der Waals surface area (Å²) in [6, 6.07) is 9.44. The molecule has 5 heteroatoms. The summed E-state index contributed by atoms with van der Waals surface area (Å²) in [4.78, 5) is 4.15. The second kappa shape index (κ2) is 5.41. The van der Waals surface area contributed by atoms with Crippen molar-refractivity contribution in [1.29, 1.82) is 5.26 Å². The van der Waals surface area contributed by atoms with E-state index >= 15 is 0 Å². The van der Waals surface area contributed by atoms with Crippen LogP contribution in [0.15, 0.2) is 29.3 Å². The van der Waals surface area contributed by atoms with Crippen LogP contribution in [0.2, 0.25) is 0 Å². The van der Waals surface area contributed by atoms with Crippen LogP contribution in [0.25, 0.3) is 0 Å². The molecule has 2 rings (SSSR count). The van der Waals surface area contributed by atoms with Crippen molar-refractivity contribution in [2.24, 2.45) is 10.7 Å². The van der Waals surface area contributed by atoms with Gasteiger partial charge in [0.15, 0.2) is 0 Å². The van der Waals surface area contributed by atoms with Crippen LogP contribution in [0, 0.1) is 11.3 Å². The van der Waals surface area contributed by atoms with Crippen LogP contribution in [-0.4, -0.2) is 24.8 Å². The molecule has 0 spiro atoms. The zero-order valence-electron chi connectivity index (χ0n) is 10.2. The van der Waals surface area contributed by atoms with Gasteiger partial charge in [-0.15, -0.1) is 0 Å². The van der Waals surface area contributed by atoms with Gasteiger partial charge in [0.2, 0.25) is 0 Å². The van der Waals surface area contributed by atoms with E-state index in [1.54, 1.807) is 24.3 Å². The van der Waals surface area contributed by atoms with Crippen molar-refractivity contribution >= 4 is 6.02 Å². The Hall–Kier alpha value is -2.22. The molecular weight excluding hydrogens is 230 g/mol. The third-order valence-electron chi connectivity index (χ3n) is 2.66. The third-order valence-corrected chi connectivity index (χ3v) is 2.66. The van der Waals surface area contributed by atoms with Gasteiger partial charge in [-0.3, -0.25) is 0 Å². The van der Waals surface area contributed by atoms with Gasteiger partial charge in [0.1, 0.15) is 12.4 Å². The Bertz CT molecular complexity index is 476. The average molecular weight is 245 g/mol. The second-order valence-corrected chi connectivity index (χ2v) is 4.23. The number of rotatable bonds is 4. The van der Waals surface area contributed by atoms with Gasteiger partial charge in [-0.1, -0.05) is 0 Å². The molecule has 1 aromatic rings. The summed E-state index contributed by atoms with van der Waals surface area (Å²) in [6.45, 7) is 2.50. The highest BCUT2D eigenvalue weighted by Crippen LogP contribution is 2.17. The third kappa shape index (κ3) is 3.14. The molecule has 1 heterocycles. The molecule has 5 nitrogen and oxygen atoms in total. The van der Waals surface area contributed by atoms with Gasteiger partial charge in [-0.25, -0.2) is 4.99 Å². The second-order valence-electron chi connectivity index (χ2n) is 4.23. The summed E-state index contributed by atoms with van der Waals surface area (Å²) >= 11 is 0. The van der Waals surface area contributed by atoms with E-state index in [1.807, 2.05) is 6.92 Å². The maximum absolute atomic E-state index is 8.69. The highest BCUT2D eigenvalue weighted by Gasteiger charge is 2.20. The molecule has 0 aromatic heterocycles. The molecule has 0 fully saturated rings. The van der Waals surface area contributed by atoms with E-state index in [9.17, 15) is 0 Å². The van der Waals surface area contributed by atoms with E-state index in [4.69, 9.17) is 20.5 Å². The van der Waals surface area contributed by atoms with Gasteiger partial charge in [-0.2, -0.15) is 5.26 Å². The Morgan fingerprint density at radius 3 is 2.83 bits per heavy atom. The molecule has 1 aliphatic heterocycles. The minimum absolute atomic E-state index is 0.0150. The zero-order valence-corrected chi connectivity index (χ0v) is 10.2. The molecule has 1 aromatic carbocycles. The average Bonchev–Trinajstić information content (AvgIpc) is 2.75. The van der Waals surface area contributed by atoms with Gasteiger partial charge in [0.05, 0.1) is 23.8 Å². The largest absolute Gasteiger partial charge is 0.491 e. The van der Waals surface area contributed by atoms with Crippen LogP contribution < -0.4 is 10.5 Å². The lowest BCUT2D eigenvalue weighted by Gasteiger charge is -2.16. The van der Waals surface area contributed by atoms with Gasteiger partial charge < -0.3 is 15.2 Å². The first-order valence-corrected chi connectivity index (χ1v) is 5.80. The SMILES string of the molecule is C[C@@H](CC1COC(N)=N1)Oc1ccc(C#N)cc1. The highest BCUT2D eigenvalue weighted by atomic mass is 16.5. The minimum Gasteiger partial charge on any atom is -0.491 e. The molecule has 0 saturated heterocycles. The molecule has 0 aliphatic carbocycles. The van der Waals surface area contributed by atoms with Crippen LogP contribution in [-0.2, 0) is 4.74 Å². The first kappa shape index (κ1) is 12.2. The van der Waals surface area contributed by atoms with Crippen LogP contribution in [0.5, 0.6) is 5.75 Å². The fourth-order valence-electron chi connectivity index (χ4n) is 1.83. The van der Waals surface area contributed by atoms with E-state index in [-0.39, 0.29) is 18.2 Å². The summed E-state index contributed by atoms with van der Waals surface area (Å²) in [5.74, 6) is 0.748. The summed E-state index contributed by atoms with van der Waals surface area (Å²) < 4.78 is 10.8. The van der Waals surface area contributed by atoms with E-state index in [1.165, 1.54) is 0 Å². The molecular formula is C13H15N3O2. The van der Waals surface area contributed by atoms with Crippen molar-refractivity contribution in [2.45, 2.75) is 25.5 Å². The number of nitriles is 1. The lowest BCUT2D eigenvalue weighted by atomic mass is 10.1. The normalized spacial score (nSPS) is 19.6. The maximum Gasteiger partial charge on any atom is 0.282 e. The highest BCUT2D eigenvalue weighted by molar-refractivity contribution is 5.73. The summed E-state index contributed by atoms with van der Waals surface area (Å²) in [6.07, 6.45) is 0.766. The van der Waals surface area contributed by atoms with Crippen molar-refractivity contribution in [3.8, 4) is 11.8 Å². The smallest absolute Gasteiger partial charge is 0.282 e. The van der Waals surface area contributed by atoms with Crippen LogP contribution >= 0.6 is 0 Å². The molecule has 0 bridgehead atoms. The Morgan fingerprint density at radius 1 is 1.56 bits per heavy atom. The van der Waals surface area contributed by atoms with Crippen molar-refractivity contribution in [3.05, 3.63) is 29.8 Å². The van der Waals surface area contributed by atoms with E-state index in [0.29, 0.717) is 12.2 Å². The van der Waals surface area contributed by atoms with Crippen LogP contribution in [0.3, 0.4) is 0 Å². The molecule has 94 valence electrons. The predicted octanol–water partition coefficient (Wildman–Crippen LogP) is 1.43. The number of ether oxygens (including phenoxy) is 2. The van der Waals surface area contributed by atoms with E-state index in [0.717, 1.165) is 12.2 Å². The first-order chi connectivity index (χ1) is 8.67. The summed E-state index contributed by atoms with van der Waals surface area (Å²) in [5, 5.41) is 8.69. The Labute approximate surface area is 106 Å². The van der Waals surface area contributed by atoms with E-state index in [2.05, 4.69) is 11.1 Å². The van der Waals surface area contributed by atoms with Crippen molar-refractivity contribution in [2.75, 3.05) is 6.61 Å². The fourth-order valence-corrected chi connectivity index (χ4v) is 1.83. The number of hydrogen-bond acceptors (Lipinski definition) is 5. The Balaban J connectivity index is 1.87. The quantitative estimate of drug-likeness (QED) is 0.870. The van der Waals surface area contributed by atoms with Gasteiger partial charge in [-0.05, 0) is 31.2 Å². The van der Waals surface area contributed by atoms with Crippen molar-refractivity contribution < 1.29 is 9.47 Å². The van der Waals surface area contributed by atoms with Gasteiger partial charge >= 0.3 is 0 Å². The molecule has 2 atom stereocenters. The van der Waals surface area contributed by atoms with Crippen molar-refractivity contribution in [1.82, 2.24) is 0 Å². The lowest BCUT2D eigenvalue weighted by Crippen LogP contribution is -2.20. The number of nitrogens with two attached hydrogens (primary N) is 1. The van der Waals surface area contributed by atoms with Crippen LogP contribution in [0.4, 0.5) is 0 Å². The van der Waals surface area contributed by atoms with Gasteiger partial charge in [0.25, 0.3) is 6.02 Å². The number of benzene rings is 1. The lowest BCUT2D eigenvalue weighted by molar-refractivity contribution is 0.189. The molecule has 1 unspecified atom stereocenters. The molecule has 18 heavy (non-hydrogen) atoms. The molecule has 0 radical (unpaired) electrons. The maximum atomic E-state index is 8.69. The number of amidine groups is 1. The van der Waals surface area contributed by atoms with Gasteiger partial charge in [0, 0.05) is 6.42 Å². The predicted molar refractivity (Wildman–Crippen MR) is 67.2 cm³/mol. The Kier molecular flexibility index (Phi) is 3.68. The standard InChI is InChI=1S/C13H15N3O2/c1-9(6-11-8-17-13(15)16-11)18-12-4-2-10(7-14)3-5-12/h2-5,9,11H,6,8H2,1H3,(H2,15,16)/t9-,11?/m0/s1. The monoisotopic (exact) mass is 245 g/mol. The topological polar surface area (TPSA) is 80.6 Å². The minimum atomic E-state index is 0.0150. The number of aliphatic imine (C=N–C) groups is 1. The fraction of sp³-hybridized carbons (Fsp3) is 0.385.